The molecule has 0 bridgehead atoms. The number of carbonyl (C=O) groups is 1. The summed E-state index contributed by atoms with van der Waals surface area (Å²) in [5.41, 5.74) is 0.336. The molecule has 0 saturated heterocycles. The Hall–Kier alpha value is -2.48. The Bertz CT molecular complexity index is 825. The maximum atomic E-state index is 12.4. The number of aliphatic imine (C=N–C) groups is 1. The molecule has 2 aromatic rings. The van der Waals surface area contributed by atoms with Gasteiger partial charge in [-0.1, -0.05) is 30.3 Å². The van der Waals surface area contributed by atoms with E-state index in [1.165, 1.54) is 0 Å². The van der Waals surface area contributed by atoms with Crippen molar-refractivity contribution < 1.29 is 17.9 Å². The summed E-state index contributed by atoms with van der Waals surface area (Å²) in [7, 11) is -3.75. The smallest absolute Gasteiger partial charge is 0.212 e. The molecule has 1 aromatic heterocycles. The lowest BCUT2D eigenvalue weighted by Crippen LogP contribution is -2.18. The van der Waals surface area contributed by atoms with E-state index in [1.54, 1.807) is 30.3 Å². The van der Waals surface area contributed by atoms with Crippen LogP contribution in [0.15, 0.2) is 46.4 Å². The number of benzene rings is 1. The van der Waals surface area contributed by atoms with Crippen LogP contribution in [0.25, 0.3) is 0 Å². The molecule has 1 aliphatic rings. The van der Waals surface area contributed by atoms with Gasteiger partial charge in [-0.05, 0) is 0 Å². The number of rotatable bonds is 5. The normalized spacial score (nSPS) is 14.5. The molecule has 1 aromatic carbocycles. The summed E-state index contributed by atoms with van der Waals surface area (Å²) in [5.74, 6) is -0.632. The van der Waals surface area contributed by atoms with E-state index >= 15 is 0 Å². The predicted molar refractivity (Wildman–Crippen MR) is 78.8 cm³/mol. The van der Waals surface area contributed by atoms with Crippen LogP contribution < -0.4 is 0 Å². The lowest BCUT2D eigenvalue weighted by molar-refractivity contribution is 0.103. The number of aromatic amines is 1. The topological polar surface area (TPSA) is 101 Å². The molecule has 8 heteroatoms. The first-order valence-corrected chi connectivity index (χ1v) is 8.25. The van der Waals surface area contributed by atoms with Gasteiger partial charge in [0.25, 0.3) is 0 Å². The number of H-pyrrole nitrogens is 1. The highest BCUT2D eigenvalue weighted by Crippen LogP contribution is 2.19. The Morgan fingerprint density at radius 2 is 2.05 bits per heavy atom. The van der Waals surface area contributed by atoms with Gasteiger partial charge in [0.2, 0.25) is 5.78 Å². The molecule has 0 radical (unpaired) electrons. The molecular formula is C14H13N3O4S. The largest absolute Gasteiger partial charge is 0.478 e. The zero-order valence-electron chi connectivity index (χ0n) is 11.5. The average molecular weight is 319 g/mol. The van der Waals surface area contributed by atoms with Crippen molar-refractivity contribution >= 4 is 21.5 Å². The zero-order chi connectivity index (χ0) is 15.6. The van der Waals surface area contributed by atoms with Crippen molar-refractivity contribution in [1.29, 1.82) is 0 Å². The van der Waals surface area contributed by atoms with Crippen molar-refractivity contribution in [3.05, 3.63) is 47.8 Å². The minimum absolute atomic E-state index is 0.0511. The van der Waals surface area contributed by atoms with Gasteiger partial charge >= 0.3 is 0 Å². The molecule has 0 saturated carbocycles. The van der Waals surface area contributed by atoms with Crippen LogP contribution in [0.2, 0.25) is 0 Å². The third kappa shape index (κ3) is 2.77. The van der Waals surface area contributed by atoms with Crippen LogP contribution in [0.3, 0.4) is 0 Å². The van der Waals surface area contributed by atoms with Crippen LogP contribution >= 0.6 is 0 Å². The van der Waals surface area contributed by atoms with Crippen LogP contribution in [-0.2, 0) is 14.6 Å². The van der Waals surface area contributed by atoms with Crippen molar-refractivity contribution in [3.63, 3.8) is 0 Å². The monoisotopic (exact) mass is 319 g/mol. The lowest BCUT2D eigenvalue weighted by Gasteiger charge is -2.05. The Kier molecular flexibility index (Phi) is 3.76. The summed E-state index contributed by atoms with van der Waals surface area (Å²) in [6, 6.07) is 8.42. The summed E-state index contributed by atoms with van der Waals surface area (Å²) >= 11 is 0. The van der Waals surface area contributed by atoms with E-state index in [0.717, 1.165) is 6.20 Å². The standard InChI is InChI=1S/C14H13N3O4S/c18-14(10-4-2-1-3-5-10)13-11(8-16-17-13)22(19,20)9-12-15-6-7-21-12/h1-5,8H,6-7,9H2,(H,16,17). The average Bonchev–Trinajstić information content (AvgIpc) is 3.18. The first-order valence-electron chi connectivity index (χ1n) is 6.60. The number of sulfone groups is 1. The van der Waals surface area contributed by atoms with Crippen molar-refractivity contribution in [2.75, 3.05) is 18.9 Å². The fourth-order valence-electron chi connectivity index (χ4n) is 2.11. The summed E-state index contributed by atoms with van der Waals surface area (Å²) in [6.07, 6.45) is 1.14. The summed E-state index contributed by atoms with van der Waals surface area (Å²) in [5, 5.41) is 6.18. The van der Waals surface area contributed by atoms with Crippen LogP contribution in [0, 0.1) is 0 Å². The first kappa shape index (κ1) is 14.5. The van der Waals surface area contributed by atoms with E-state index in [2.05, 4.69) is 15.2 Å². The number of nitrogens with zero attached hydrogens (tertiary/aromatic N) is 2. The molecule has 0 spiro atoms. The van der Waals surface area contributed by atoms with Gasteiger partial charge in [-0.25, -0.2) is 8.42 Å². The fraction of sp³-hybridized carbons (Fsp3) is 0.214. The van der Waals surface area contributed by atoms with Gasteiger partial charge in [-0.2, -0.15) is 5.10 Å². The highest BCUT2D eigenvalue weighted by atomic mass is 32.2. The molecule has 7 nitrogen and oxygen atoms in total. The van der Waals surface area contributed by atoms with Crippen molar-refractivity contribution in [2.24, 2.45) is 4.99 Å². The molecule has 0 fully saturated rings. The van der Waals surface area contributed by atoms with Gasteiger partial charge in [0, 0.05) is 5.56 Å². The SMILES string of the molecule is O=C(c1ccccc1)c1[nH]ncc1S(=O)(=O)CC1=NCCO1. The predicted octanol–water partition coefficient (Wildman–Crippen LogP) is 0.843. The van der Waals surface area contributed by atoms with Crippen LogP contribution in [0.4, 0.5) is 0 Å². The summed E-state index contributed by atoms with van der Waals surface area (Å²) in [6.45, 7) is 0.831. The molecule has 2 heterocycles. The summed E-state index contributed by atoms with van der Waals surface area (Å²) in [4.78, 5) is 16.2. The second-order valence-corrected chi connectivity index (χ2v) is 6.65. The van der Waals surface area contributed by atoms with E-state index in [0.29, 0.717) is 18.7 Å². The minimum atomic E-state index is -3.75. The number of carbonyl (C=O) groups excluding carboxylic acids is 1. The van der Waals surface area contributed by atoms with Gasteiger partial charge in [-0.15, -0.1) is 0 Å². The van der Waals surface area contributed by atoms with Crippen LogP contribution in [0.5, 0.6) is 0 Å². The minimum Gasteiger partial charge on any atom is -0.478 e. The van der Waals surface area contributed by atoms with Gasteiger partial charge in [0.05, 0.1) is 12.7 Å². The Balaban J connectivity index is 1.93. The molecule has 0 unspecified atom stereocenters. The molecule has 0 amide bonds. The number of hydrogen-bond acceptors (Lipinski definition) is 6. The number of nitrogens with one attached hydrogen (secondary N) is 1. The van der Waals surface area contributed by atoms with Gasteiger partial charge in [0.15, 0.2) is 15.7 Å². The van der Waals surface area contributed by atoms with Crippen LogP contribution in [-0.4, -0.2) is 49.2 Å². The number of hydrogen-bond donors (Lipinski definition) is 1. The van der Waals surface area contributed by atoms with Crippen LogP contribution in [0.1, 0.15) is 16.1 Å². The highest BCUT2D eigenvalue weighted by Gasteiger charge is 2.28. The number of aromatic nitrogens is 2. The quantitative estimate of drug-likeness (QED) is 0.823. The maximum absolute atomic E-state index is 12.4. The van der Waals surface area contributed by atoms with E-state index in [-0.39, 0.29) is 22.2 Å². The van der Waals surface area contributed by atoms with Crippen molar-refractivity contribution in [3.8, 4) is 0 Å². The Morgan fingerprint density at radius 1 is 1.27 bits per heavy atom. The fourth-order valence-corrected chi connectivity index (χ4v) is 3.43. The second-order valence-electron chi connectivity index (χ2n) is 4.69. The highest BCUT2D eigenvalue weighted by molar-refractivity contribution is 7.92. The maximum Gasteiger partial charge on any atom is 0.212 e. The summed E-state index contributed by atoms with van der Waals surface area (Å²) < 4.78 is 30.0. The third-order valence-corrected chi connectivity index (χ3v) is 4.77. The van der Waals surface area contributed by atoms with Gasteiger partial charge < -0.3 is 4.74 Å². The molecule has 1 aliphatic heterocycles. The number of ketones is 1. The molecule has 1 N–H and O–H groups in total. The molecule has 0 atom stereocenters. The third-order valence-electron chi connectivity index (χ3n) is 3.16. The van der Waals surface area contributed by atoms with Gasteiger partial charge in [-0.3, -0.25) is 14.9 Å². The van der Waals surface area contributed by atoms with E-state index < -0.39 is 15.6 Å². The Labute approximate surface area is 127 Å². The molecule has 114 valence electrons. The van der Waals surface area contributed by atoms with E-state index in [9.17, 15) is 13.2 Å². The molecule has 3 rings (SSSR count). The first-order chi connectivity index (χ1) is 10.6. The van der Waals surface area contributed by atoms with Gasteiger partial charge in [0.1, 0.15) is 22.9 Å². The van der Waals surface area contributed by atoms with E-state index in [1.807, 2.05) is 0 Å². The van der Waals surface area contributed by atoms with Crippen molar-refractivity contribution in [1.82, 2.24) is 10.2 Å². The number of ether oxygens (including phenoxy) is 1. The second kappa shape index (κ2) is 5.72. The molecular weight excluding hydrogens is 306 g/mol. The van der Waals surface area contributed by atoms with Crippen molar-refractivity contribution in [2.45, 2.75) is 4.90 Å². The molecule has 0 aliphatic carbocycles. The molecule has 22 heavy (non-hydrogen) atoms. The zero-order valence-corrected chi connectivity index (χ0v) is 12.3. The van der Waals surface area contributed by atoms with E-state index in [4.69, 9.17) is 4.74 Å². The Morgan fingerprint density at radius 3 is 2.73 bits per heavy atom. The lowest BCUT2D eigenvalue weighted by atomic mass is 10.1.